The Balaban J connectivity index is 1.75. The van der Waals surface area contributed by atoms with Crippen LogP contribution in [-0.2, 0) is 0 Å². The highest BCUT2D eigenvalue weighted by molar-refractivity contribution is 5.61. The molecule has 0 aromatic carbocycles. The van der Waals surface area contributed by atoms with Crippen LogP contribution in [0.1, 0.15) is 12.8 Å². The molecule has 5 heteroatoms. The molecule has 1 aliphatic rings. The third-order valence-electron chi connectivity index (χ3n) is 3.70. The van der Waals surface area contributed by atoms with Gasteiger partial charge in [-0.25, -0.2) is 9.97 Å². The highest BCUT2D eigenvalue weighted by atomic mass is 15.2. The second kappa shape index (κ2) is 5.40. The molecule has 3 N–H and O–H groups in total. The molecule has 0 amide bonds. The molecule has 5 nitrogen and oxygen atoms in total. The SMILES string of the molecule is NCC1CCCN(c2ncc(-c3cc[nH]c3)cn2)C1. The smallest absolute Gasteiger partial charge is 0.225 e. The molecule has 0 aliphatic carbocycles. The summed E-state index contributed by atoms with van der Waals surface area (Å²) in [5.74, 6) is 1.39. The predicted molar refractivity (Wildman–Crippen MR) is 75.8 cm³/mol. The van der Waals surface area contributed by atoms with E-state index < -0.39 is 0 Å². The first kappa shape index (κ1) is 12.2. The van der Waals surface area contributed by atoms with Gasteiger partial charge in [0.2, 0.25) is 5.95 Å². The fourth-order valence-electron chi connectivity index (χ4n) is 2.58. The summed E-state index contributed by atoms with van der Waals surface area (Å²) in [6.45, 7) is 2.75. The first-order valence-corrected chi connectivity index (χ1v) is 6.77. The van der Waals surface area contributed by atoms with Crippen molar-refractivity contribution in [3.63, 3.8) is 0 Å². The third-order valence-corrected chi connectivity index (χ3v) is 3.70. The van der Waals surface area contributed by atoms with Crippen molar-refractivity contribution in [1.29, 1.82) is 0 Å². The Morgan fingerprint density at radius 2 is 2.16 bits per heavy atom. The van der Waals surface area contributed by atoms with E-state index in [1.165, 1.54) is 12.8 Å². The van der Waals surface area contributed by atoms with Gasteiger partial charge in [-0.05, 0) is 31.4 Å². The number of nitrogens with two attached hydrogens (primary N) is 1. The summed E-state index contributed by atoms with van der Waals surface area (Å²) >= 11 is 0. The van der Waals surface area contributed by atoms with Crippen LogP contribution in [0.4, 0.5) is 5.95 Å². The largest absolute Gasteiger partial charge is 0.367 e. The maximum absolute atomic E-state index is 5.76. The molecule has 100 valence electrons. The van der Waals surface area contributed by atoms with E-state index in [1.54, 1.807) is 0 Å². The molecule has 1 fully saturated rings. The van der Waals surface area contributed by atoms with Gasteiger partial charge in [0.05, 0.1) is 0 Å². The molecule has 0 spiro atoms. The Bertz CT molecular complexity index is 505. The van der Waals surface area contributed by atoms with Crippen LogP contribution in [0.3, 0.4) is 0 Å². The summed E-state index contributed by atoms with van der Waals surface area (Å²) in [5.41, 5.74) is 7.92. The van der Waals surface area contributed by atoms with Crippen molar-refractivity contribution >= 4 is 5.95 Å². The number of rotatable bonds is 3. The van der Waals surface area contributed by atoms with Gasteiger partial charge in [-0.1, -0.05) is 0 Å². The van der Waals surface area contributed by atoms with Crippen molar-refractivity contribution < 1.29 is 0 Å². The van der Waals surface area contributed by atoms with Gasteiger partial charge < -0.3 is 15.6 Å². The van der Waals surface area contributed by atoms with Crippen LogP contribution in [0.25, 0.3) is 11.1 Å². The average molecular weight is 257 g/mol. The number of aromatic nitrogens is 3. The number of aromatic amines is 1. The number of nitrogens with one attached hydrogen (secondary N) is 1. The summed E-state index contributed by atoms with van der Waals surface area (Å²) in [7, 11) is 0. The van der Waals surface area contributed by atoms with Crippen LogP contribution in [0.15, 0.2) is 30.9 Å². The molecule has 2 aromatic rings. The fraction of sp³-hybridized carbons (Fsp3) is 0.429. The maximum atomic E-state index is 5.76. The highest BCUT2D eigenvalue weighted by Crippen LogP contribution is 2.21. The summed E-state index contributed by atoms with van der Waals surface area (Å²) in [6.07, 6.45) is 10.0. The van der Waals surface area contributed by atoms with Crippen molar-refractivity contribution in [3.05, 3.63) is 30.9 Å². The first-order valence-electron chi connectivity index (χ1n) is 6.77. The van der Waals surface area contributed by atoms with Gasteiger partial charge in [0.1, 0.15) is 0 Å². The standard InChI is InChI=1S/C14H19N5/c15-6-11-2-1-5-19(10-11)14-17-8-13(9-18-14)12-3-4-16-7-12/h3-4,7-9,11,16H,1-2,5-6,10,15H2. The molecule has 1 aliphatic heterocycles. The van der Waals surface area contributed by atoms with E-state index in [0.717, 1.165) is 36.7 Å². The van der Waals surface area contributed by atoms with Crippen LogP contribution in [0, 0.1) is 5.92 Å². The molecule has 0 bridgehead atoms. The quantitative estimate of drug-likeness (QED) is 0.877. The van der Waals surface area contributed by atoms with Crippen LogP contribution in [0.5, 0.6) is 0 Å². The van der Waals surface area contributed by atoms with Crippen LogP contribution < -0.4 is 10.6 Å². The summed E-state index contributed by atoms with van der Waals surface area (Å²) < 4.78 is 0. The zero-order chi connectivity index (χ0) is 13.1. The van der Waals surface area contributed by atoms with Gasteiger partial charge in [0.25, 0.3) is 0 Å². The van der Waals surface area contributed by atoms with Crippen molar-refractivity contribution in [2.45, 2.75) is 12.8 Å². The van der Waals surface area contributed by atoms with Crippen molar-refractivity contribution in [2.75, 3.05) is 24.5 Å². The molecular formula is C14H19N5. The lowest BCUT2D eigenvalue weighted by molar-refractivity contribution is 0.419. The first-order chi connectivity index (χ1) is 9.36. The summed E-state index contributed by atoms with van der Waals surface area (Å²) in [6, 6.07) is 2.02. The average Bonchev–Trinajstić information content (AvgIpc) is 3.02. The monoisotopic (exact) mass is 257 g/mol. The van der Waals surface area contributed by atoms with Gasteiger partial charge in [0, 0.05) is 49.0 Å². The molecule has 0 radical (unpaired) electrons. The third kappa shape index (κ3) is 2.61. The number of hydrogen-bond acceptors (Lipinski definition) is 4. The molecule has 0 saturated carbocycles. The molecule has 1 atom stereocenters. The summed E-state index contributed by atoms with van der Waals surface area (Å²) in [5, 5.41) is 0. The minimum absolute atomic E-state index is 0.571. The Hall–Kier alpha value is -1.88. The molecule has 19 heavy (non-hydrogen) atoms. The second-order valence-corrected chi connectivity index (χ2v) is 5.06. The molecule has 1 saturated heterocycles. The molecular weight excluding hydrogens is 238 g/mol. The minimum Gasteiger partial charge on any atom is -0.367 e. The van der Waals surface area contributed by atoms with E-state index in [1.807, 2.05) is 30.9 Å². The number of piperidine rings is 1. The normalized spacial score (nSPS) is 19.6. The second-order valence-electron chi connectivity index (χ2n) is 5.06. The number of anilines is 1. The molecule has 3 heterocycles. The van der Waals surface area contributed by atoms with Crippen LogP contribution >= 0.6 is 0 Å². The van der Waals surface area contributed by atoms with Crippen molar-refractivity contribution in [1.82, 2.24) is 15.0 Å². The lowest BCUT2D eigenvalue weighted by atomic mass is 9.99. The Morgan fingerprint density at radius 3 is 2.84 bits per heavy atom. The topological polar surface area (TPSA) is 70.8 Å². The van der Waals surface area contributed by atoms with E-state index in [-0.39, 0.29) is 0 Å². The molecule has 1 unspecified atom stereocenters. The van der Waals surface area contributed by atoms with Crippen LogP contribution in [0.2, 0.25) is 0 Å². The lowest BCUT2D eigenvalue weighted by Gasteiger charge is -2.32. The predicted octanol–water partition coefficient (Wildman–Crippen LogP) is 1.65. The Labute approximate surface area is 112 Å². The minimum atomic E-state index is 0.571. The molecule has 3 rings (SSSR count). The number of hydrogen-bond donors (Lipinski definition) is 2. The van der Waals surface area contributed by atoms with Gasteiger partial charge in [-0.15, -0.1) is 0 Å². The lowest BCUT2D eigenvalue weighted by Crippen LogP contribution is -2.39. The number of H-pyrrole nitrogens is 1. The van der Waals surface area contributed by atoms with Gasteiger partial charge in [-0.3, -0.25) is 0 Å². The van der Waals surface area contributed by atoms with E-state index in [9.17, 15) is 0 Å². The molecule has 2 aromatic heterocycles. The van der Waals surface area contributed by atoms with E-state index >= 15 is 0 Å². The van der Waals surface area contributed by atoms with Crippen molar-refractivity contribution in [2.24, 2.45) is 11.7 Å². The zero-order valence-corrected chi connectivity index (χ0v) is 10.9. The maximum Gasteiger partial charge on any atom is 0.225 e. The van der Waals surface area contributed by atoms with Gasteiger partial charge >= 0.3 is 0 Å². The van der Waals surface area contributed by atoms with Gasteiger partial charge in [0.15, 0.2) is 0 Å². The Kier molecular flexibility index (Phi) is 3.46. The van der Waals surface area contributed by atoms with E-state index in [0.29, 0.717) is 5.92 Å². The summed E-state index contributed by atoms with van der Waals surface area (Å²) in [4.78, 5) is 14.3. The zero-order valence-electron chi connectivity index (χ0n) is 10.9. The fourth-order valence-corrected chi connectivity index (χ4v) is 2.58. The van der Waals surface area contributed by atoms with Crippen LogP contribution in [-0.4, -0.2) is 34.6 Å². The van der Waals surface area contributed by atoms with Crippen molar-refractivity contribution in [3.8, 4) is 11.1 Å². The van der Waals surface area contributed by atoms with E-state index in [4.69, 9.17) is 5.73 Å². The highest BCUT2D eigenvalue weighted by Gasteiger charge is 2.20. The van der Waals surface area contributed by atoms with E-state index in [2.05, 4.69) is 19.9 Å². The number of nitrogens with zero attached hydrogens (tertiary/aromatic N) is 3. The van der Waals surface area contributed by atoms with Gasteiger partial charge in [-0.2, -0.15) is 0 Å². The Morgan fingerprint density at radius 1 is 1.32 bits per heavy atom.